The first-order chi connectivity index (χ1) is 9.22. The van der Waals surface area contributed by atoms with Crippen LogP contribution >= 0.6 is 11.5 Å². The minimum atomic E-state index is 0.702. The molecular formula is C12H18N6S. The van der Waals surface area contributed by atoms with Crippen molar-refractivity contribution in [3.8, 4) is 0 Å². The number of anilines is 1. The van der Waals surface area contributed by atoms with Crippen LogP contribution in [0.4, 0.5) is 5.13 Å². The van der Waals surface area contributed by atoms with E-state index < -0.39 is 0 Å². The van der Waals surface area contributed by atoms with E-state index in [0.717, 1.165) is 36.3 Å². The predicted octanol–water partition coefficient (Wildman–Crippen LogP) is 1.43. The molecule has 1 fully saturated rings. The fourth-order valence-corrected chi connectivity index (χ4v) is 3.22. The molecule has 2 aromatic heterocycles. The van der Waals surface area contributed by atoms with Crippen LogP contribution in [0.1, 0.15) is 24.5 Å². The summed E-state index contributed by atoms with van der Waals surface area (Å²) in [5.41, 5.74) is 0. The zero-order valence-electron chi connectivity index (χ0n) is 11.3. The summed E-state index contributed by atoms with van der Waals surface area (Å²) in [6, 6.07) is 0. The number of rotatable bonds is 3. The average Bonchev–Trinajstić information content (AvgIpc) is 3.00. The van der Waals surface area contributed by atoms with Crippen molar-refractivity contribution < 1.29 is 0 Å². The molecule has 6 nitrogen and oxygen atoms in total. The van der Waals surface area contributed by atoms with Gasteiger partial charge in [-0.2, -0.15) is 4.37 Å². The molecule has 3 heterocycles. The van der Waals surface area contributed by atoms with E-state index in [1.54, 1.807) is 6.33 Å². The van der Waals surface area contributed by atoms with Crippen molar-refractivity contribution in [1.29, 1.82) is 0 Å². The number of piperidine rings is 1. The molecule has 0 bridgehead atoms. The Hall–Kier alpha value is -1.50. The summed E-state index contributed by atoms with van der Waals surface area (Å²) in [4.78, 5) is 6.80. The van der Waals surface area contributed by atoms with Crippen LogP contribution < -0.4 is 4.90 Å². The standard InChI is InChI=1S/C12H18N6S/c1-9-14-12(19-16-9)18-5-3-10(4-6-18)7-11-15-13-8-17(11)2/h8,10H,3-7H2,1-2H3. The third-order valence-electron chi connectivity index (χ3n) is 3.68. The Balaban J connectivity index is 1.56. The van der Waals surface area contributed by atoms with Crippen LogP contribution in [-0.2, 0) is 13.5 Å². The highest BCUT2D eigenvalue weighted by Crippen LogP contribution is 2.26. The van der Waals surface area contributed by atoms with Crippen LogP contribution in [-0.4, -0.2) is 37.2 Å². The van der Waals surface area contributed by atoms with Gasteiger partial charge >= 0.3 is 0 Å². The summed E-state index contributed by atoms with van der Waals surface area (Å²) in [6.07, 6.45) is 5.17. The normalized spacial score (nSPS) is 17.1. The molecule has 0 amide bonds. The second kappa shape index (κ2) is 5.24. The Morgan fingerprint density at radius 2 is 2.16 bits per heavy atom. The zero-order chi connectivity index (χ0) is 13.2. The Kier molecular flexibility index (Phi) is 3.46. The lowest BCUT2D eigenvalue weighted by Gasteiger charge is -2.31. The van der Waals surface area contributed by atoms with Gasteiger partial charge in [0, 0.05) is 38.1 Å². The third kappa shape index (κ3) is 2.75. The predicted molar refractivity (Wildman–Crippen MR) is 74.3 cm³/mol. The topological polar surface area (TPSA) is 59.7 Å². The van der Waals surface area contributed by atoms with Crippen molar-refractivity contribution in [2.45, 2.75) is 26.2 Å². The highest BCUT2D eigenvalue weighted by Gasteiger charge is 2.22. The van der Waals surface area contributed by atoms with Gasteiger partial charge in [0.1, 0.15) is 18.0 Å². The molecule has 7 heteroatoms. The average molecular weight is 278 g/mol. The molecule has 0 N–H and O–H groups in total. The van der Waals surface area contributed by atoms with E-state index in [1.165, 1.54) is 24.4 Å². The molecule has 1 aliphatic rings. The zero-order valence-corrected chi connectivity index (χ0v) is 12.1. The Bertz CT molecular complexity index is 540. The fourth-order valence-electron chi connectivity index (χ4n) is 2.49. The van der Waals surface area contributed by atoms with Crippen LogP contribution in [0.25, 0.3) is 0 Å². The summed E-state index contributed by atoms with van der Waals surface area (Å²) in [7, 11) is 2.01. The van der Waals surface area contributed by atoms with E-state index in [2.05, 4.69) is 24.5 Å². The maximum absolute atomic E-state index is 4.46. The van der Waals surface area contributed by atoms with Crippen LogP contribution in [0.2, 0.25) is 0 Å². The Morgan fingerprint density at radius 3 is 2.74 bits per heavy atom. The number of aromatic nitrogens is 5. The summed E-state index contributed by atoms with van der Waals surface area (Å²) in [5.74, 6) is 2.67. The molecule has 0 unspecified atom stereocenters. The first kappa shape index (κ1) is 12.5. The van der Waals surface area contributed by atoms with Gasteiger partial charge in [-0.1, -0.05) is 0 Å². The molecule has 1 aliphatic heterocycles. The molecule has 2 aromatic rings. The molecule has 3 rings (SSSR count). The molecule has 1 saturated heterocycles. The molecule has 102 valence electrons. The number of hydrogen-bond acceptors (Lipinski definition) is 6. The molecule has 0 aliphatic carbocycles. The first-order valence-electron chi connectivity index (χ1n) is 6.60. The molecular weight excluding hydrogens is 260 g/mol. The summed E-state index contributed by atoms with van der Waals surface area (Å²) in [6.45, 7) is 4.08. The molecule has 0 atom stereocenters. The lowest BCUT2D eigenvalue weighted by Crippen LogP contribution is -2.34. The van der Waals surface area contributed by atoms with E-state index in [9.17, 15) is 0 Å². The monoisotopic (exact) mass is 278 g/mol. The number of aryl methyl sites for hydroxylation is 2. The molecule has 0 aromatic carbocycles. The van der Waals surface area contributed by atoms with Crippen molar-refractivity contribution in [1.82, 2.24) is 24.1 Å². The second-order valence-corrected chi connectivity index (χ2v) is 5.85. The molecule has 0 radical (unpaired) electrons. The number of nitrogens with zero attached hydrogens (tertiary/aromatic N) is 6. The SMILES string of the molecule is Cc1nsc(N2CCC(Cc3nncn3C)CC2)n1. The van der Waals surface area contributed by atoms with Gasteiger partial charge < -0.3 is 9.47 Å². The van der Waals surface area contributed by atoms with Gasteiger partial charge in [-0.3, -0.25) is 0 Å². The van der Waals surface area contributed by atoms with Crippen molar-refractivity contribution in [2.24, 2.45) is 13.0 Å². The molecule has 19 heavy (non-hydrogen) atoms. The quantitative estimate of drug-likeness (QED) is 0.850. The largest absolute Gasteiger partial charge is 0.347 e. The summed E-state index contributed by atoms with van der Waals surface area (Å²) >= 11 is 1.50. The van der Waals surface area contributed by atoms with Crippen molar-refractivity contribution >= 4 is 16.7 Å². The lowest BCUT2D eigenvalue weighted by molar-refractivity contribution is 0.393. The van der Waals surface area contributed by atoms with E-state index in [0.29, 0.717) is 5.92 Å². The van der Waals surface area contributed by atoms with Gasteiger partial charge in [-0.15, -0.1) is 10.2 Å². The lowest BCUT2D eigenvalue weighted by atomic mass is 9.93. The third-order valence-corrected chi connectivity index (χ3v) is 4.55. The van der Waals surface area contributed by atoms with Gasteiger partial charge in [-0.25, -0.2) is 4.98 Å². The van der Waals surface area contributed by atoms with Gasteiger partial charge in [0.05, 0.1) is 0 Å². The second-order valence-electron chi connectivity index (χ2n) is 5.12. The van der Waals surface area contributed by atoms with Crippen LogP contribution in [0, 0.1) is 12.8 Å². The highest BCUT2D eigenvalue weighted by molar-refractivity contribution is 7.09. The van der Waals surface area contributed by atoms with Gasteiger partial charge in [0.25, 0.3) is 0 Å². The van der Waals surface area contributed by atoms with Crippen molar-refractivity contribution in [3.63, 3.8) is 0 Å². The van der Waals surface area contributed by atoms with Gasteiger partial charge in [0.2, 0.25) is 5.13 Å². The van der Waals surface area contributed by atoms with Crippen LogP contribution in [0.3, 0.4) is 0 Å². The highest BCUT2D eigenvalue weighted by atomic mass is 32.1. The summed E-state index contributed by atoms with van der Waals surface area (Å²) < 4.78 is 6.26. The Morgan fingerprint density at radius 1 is 1.37 bits per heavy atom. The minimum Gasteiger partial charge on any atom is -0.347 e. The first-order valence-corrected chi connectivity index (χ1v) is 7.38. The number of hydrogen-bond donors (Lipinski definition) is 0. The van der Waals surface area contributed by atoms with E-state index in [4.69, 9.17) is 0 Å². The molecule has 0 saturated carbocycles. The molecule has 0 spiro atoms. The van der Waals surface area contributed by atoms with E-state index in [1.807, 2.05) is 18.5 Å². The van der Waals surface area contributed by atoms with Gasteiger partial charge in [0.15, 0.2) is 0 Å². The smallest absolute Gasteiger partial charge is 0.205 e. The minimum absolute atomic E-state index is 0.702. The van der Waals surface area contributed by atoms with Crippen molar-refractivity contribution in [3.05, 3.63) is 18.0 Å². The fraction of sp³-hybridized carbons (Fsp3) is 0.667. The maximum atomic E-state index is 4.46. The van der Waals surface area contributed by atoms with E-state index in [-0.39, 0.29) is 0 Å². The van der Waals surface area contributed by atoms with Crippen LogP contribution in [0.5, 0.6) is 0 Å². The summed E-state index contributed by atoms with van der Waals surface area (Å²) in [5, 5.41) is 9.17. The van der Waals surface area contributed by atoms with Crippen LogP contribution in [0.15, 0.2) is 6.33 Å². The van der Waals surface area contributed by atoms with Gasteiger partial charge in [-0.05, 0) is 25.7 Å². The van der Waals surface area contributed by atoms with Crippen molar-refractivity contribution in [2.75, 3.05) is 18.0 Å². The van der Waals surface area contributed by atoms with E-state index >= 15 is 0 Å². The maximum Gasteiger partial charge on any atom is 0.205 e. The Labute approximate surface area is 116 Å².